The zero-order valence-corrected chi connectivity index (χ0v) is 14.6. The standard InChI is InChI=1S/C18H20O2S.CO2/c1-14(12-20-16-7-5-4-6-8-16)13-21-17-9-10-18(19-3)15(2)11-17;2-1-3/h4-11H,1,12-13H2,2-3H3;. The smallest absolute Gasteiger partial charge is 0.373 e. The van der Waals surface area contributed by atoms with Crippen molar-refractivity contribution in [1.29, 1.82) is 0 Å². The number of hydrogen-bond donors (Lipinski definition) is 0. The fourth-order valence-corrected chi connectivity index (χ4v) is 2.75. The van der Waals surface area contributed by atoms with E-state index in [2.05, 4.69) is 25.6 Å². The molecule has 0 radical (unpaired) electrons. The molecule has 2 aromatic rings. The largest absolute Gasteiger partial charge is 0.496 e. The van der Waals surface area contributed by atoms with Crippen LogP contribution < -0.4 is 9.47 Å². The highest BCUT2D eigenvalue weighted by molar-refractivity contribution is 7.99. The number of methoxy groups -OCH3 is 1. The molecule has 0 saturated heterocycles. The molecule has 2 aromatic carbocycles. The van der Waals surface area contributed by atoms with Gasteiger partial charge in [-0.3, -0.25) is 0 Å². The Hall–Kier alpha value is -2.49. The summed E-state index contributed by atoms with van der Waals surface area (Å²) in [7, 11) is 1.69. The lowest BCUT2D eigenvalue weighted by atomic mass is 10.2. The number of thioether (sulfide) groups is 1. The summed E-state index contributed by atoms with van der Waals surface area (Å²) in [5.74, 6) is 2.65. The molecule has 0 aliphatic rings. The Balaban J connectivity index is 0.000000891. The zero-order valence-electron chi connectivity index (χ0n) is 13.8. The van der Waals surface area contributed by atoms with Crippen LogP contribution in [0.15, 0.2) is 65.6 Å². The van der Waals surface area contributed by atoms with Gasteiger partial charge in [-0.1, -0.05) is 24.8 Å². The summed E-state index contributed by atoms with van der Waals surface area (Å²) in [6.07, 6.45) is 0.250. The van der Waals surface area contributed by atoms with Crippen molar-refractivity contribution >= 4 is 17.9 Å². The Kier molecular flexibility index (Phi) is 9.05. The average Bonchev–Trinajstić information content (AvgIpc) is 2.60. The van der Waals surface area contributed by atoms with E-state index in [0.29, 0.717) is 6.61 Å². The summed E-state index contributed by atoms with van der Waals surface area (Å²) in [6, 6.07) is 16.0. The number of rotatable bonds is 7. The van der Waals surface area contributed by atoms with Crippen molar-refractivity contribution in [1.82, 2.24) is 0 Å². The van der Waals surface area contributed by atoms with Crippen molar-refractivity contribution in [3.8, 4) is 11.5 Å². The Morgan fingerprint density at radius 1 is 1.17 bits per heavy atom. The van der Waals surface area contributed by atoms with Crippen LogP contribution in [0.3, 0.4) is 0 Å². The van der Waals surface area contributed by atoms with Crippen LogP contribution in [0, 0.1) is 6.92 Å². The third-order valence-electron chi connectivity index (χ3n) is 3.00. The molecular formula is C19H20O4S. The van der Waals surface area contributed by atoms with Gasteiger partial charge < -0.3 is 9.47 Å². The highest BCUT2D eigenvalue weighted by Gasteiger charge is 2.02. The number of para-hydroxylation sites is 1. The molecule has 0 heterocycles. The van der Waals surface area contributed by atoms with E-state index < -0.39 is 0 Å². The van der Waals surface area contributed by atoms with Gasteiger partial charge in [0, 0.05) is 10.6 Å². The summed E-state index contributed by atoms with van der Waals surface area (Å²) >= 11 is 1.76. The van der Waals surface area contributed by atoms with Crippen LogP contribution in [0.5, 0.6) is 11.5 Å². The van der Waals surface area contributed by atoms with Gasteiger partial charge in [0.2, 0.25) is 0 Å². The molecule has 0 atom stereocenters. The minimum Gasteiger partial charge on any atom is -0.496 e. The Morgan fingerprint density at radius 2 is 1.83 bits per heavy atom. The lowest BCUT2D eigenvalue weighted by molar-refractivity contribution is -0.191. The van der Waals surface area contributed by atoms with Crippen LogP contribution in [-0.4, -0.2) is 25.6 Å². The first kappa shape index (κ1) is 19.6. The van der Waals surface area contributed by atoms with Crippen molar-refractivity contribution in [2.24, 2.45) is 0 Å². The molecule has 0 N–H and O–H groups in total. The average molecular weight is 344 g/mol. The molecule has 0 unspecified atom stereocenters. The molecule has 5 heteroatoms. The molecule has 24 heavy (non-hydrogen) atoms. The van der Waals surface area contributed by atoms with Crippen molar-refractivity contribution in [2.75, 3.05) is 19.5 Å². The molecule has 4 nitrogen and oxygen atoms in total. The molecule has 0 amide bonds. The van der Waals surface area contributed by atoms with Gasteiger partial charge in [-0.2, -0.15) is 9.59 Å². The molecule has 0 spiro atoms. The van der Waals surface area contributed by atoms with Crippen molar-refractivity contribution in [2.45, 2.75) is 11.8 Å². The second-order valence-corrected chi connectivity index (χ2v) is 5.90. The molecule has 126 valence electrons. The SMILES string of the molecule is C=C(COc1ccccc1)CSc1ccc(OC)c(C)c1.O=C=O. The van der Waals surface area contributed by atoms with E-state index in [-0.39, 0.29) is 6.15 Å². The normalized spacial score (nSPS) is 9.25. The number of hydrogen-bond acceptors (Lipinski definition) is 5. The predicted octanol–water partition coefficient (Wildman–Crippen LogP) is 4.15. The van der Waals surface area contributed by atoms with E-state index in [4.69, 9.17) is 19.1 Å². The fourth-order valence-electron chi connectivity index (χ4n) is 1.87. The maximum Gasteiger partial charge on any atom is 0.373 e. The summed E-state index contributed by atoms with van der Waals surface area (Å²) in [5, 5.41) is 0. The highest BCUT2D eigenvalue weighted by atomic mass is 32.2. The Bertz CT molecular complexity index is 677. The maximum atomic E-state index is 8.12. The van der Waals surface area contributed by atoms with Crippen LogP contribution in [-0.2, 0) is 9.59 Å². The van der Waals surface area contributed by atoms with E-state index in [1.54, 1.807) is 18.9 Å². The lowest BCUT2D eigenvalue weighted by Gasteiger charge is -2.10. The van der Waals surface area contributed by atoms with E-state index in [1.165, 1.54) is 4.90 Å². The second-order valence-electron chi connectivity index (χ2n) is 4.86. The van der Waals surface area contributed by atoms with Crippen LogP contribution in [0.25, 0.3) is 0 Å². The molecule has 2 rings (SSSR count). The summed E-state index contributed by atoms with van der Waals surface area (Å²) in [6.45, 7) is 6.67. The molecule has 0 bridgehead atoms. The van der Waals surface area contributed by atoms with Gasteiger partial charge >= 0.3 is 6.15 Å². The number of carbonyl (C=O) groups excluding carboxylic acids is 2. The highest BCUT2D eigenvalue weighted by Crippen LogP contribution is 2.26. The summed E-state index contributed by atoms with van der Waals surface area (Å²) in [4.78, 5) is 17.5. The van der Waals surface area contributed by atoms with Crippen LogP contribution in [0.1, 0.15) is 5.56 Å². The maximum absolute atomic E-state index is 8.12. The first-order valence-corrected chi connectivity index (χ1v) is 8.20. The van der Waals surface area contributed by atoms with Gasteiger partial charge in [-0.25, -0.2) is 0 Å². The van der Waals surface area contributed by atoms with Crippen LogP contribution >= 0.6 is 11.8 Å². The fraction of sp³-hybridized carbons (Fsp3) is 0.211. The van der Waals surface area contributed by atoms with Crippen molar-refractivity contribution in [3.05, 3.63) is 66.2 Å². The molecule has 0 aliphatic carbocycles. The molecule has 0 aliphatic heterocycles. The quantitative estimate of drug-likeness (QED) is 0.558. The molecule has 0 aromatic heterocycles. The third kappa shape index (κ3) is 7.18. The number of ether oxygens (including phenoxy) is 2. The van der Waals surface area contributed by atoms with E-state index >= 15 is 0 Å². The molecule has 0 saturated carbocycles. The minimum absolute atomic E-state index is 0.250. The van der Waals surface area contributed by atoms with Crippen molar-refractivity contribution < 1.29 is 19.1 Å². The lowest BCUT2D eigenvalue weighted by Crippen LogP contribution is -2.02. The van der Waals surface area contributed by atoms with E-state index in [0.717, 1.165) is 28.4 Å². The Labute approximate surface area is 146 Å². The topological polar surface area (TPSA) is 52.6 Å². The van der Waals surface area contributed by atoms with Crippen LogP contribution in [0.4, 0.5) is 0 Å². The van der Waals surface area contributed by atoms with E-state index in [1.807, 2.05) is 36.4 Å². The number of benzene rings is 2. The van der Waals surface area contributed by atoms with Gasteiger partial charge in [0.05, 0.1) is 7.11 Å². The van der Waals surface area contributed by atoms with Crippen LogP contribution in [0.2, 0.25) is 0 Å². The minimum atomic E-state index is 0.250. The molecule has 0 fully saturated rings. The Morgan fingerprint density at radius 3 is 2.42 bits per heavy atom. The number of aryl methyl sites for hydroxylation is 1. The summed E-state index contributed by atoms with van der Waals surface area (Å²) in [5.41, 5.74) is 2.21. The monoisotopic (exact) mass is 344 g/mol. The predicted molar refractivity (Wildman–Crippen MR) is 94.5 cm³/mol. The third-order valence-corrected chi connectivity index (χ3v) is 4.14. The van der Waals surface area contributed by atoms with Gasteiger partial charge in [-0.05, 0) is 48.4 Å². The van der Waals surface area contributed by atoms with Crippen molar-refractivity contribution in [3.63, 3.8) is 0 Å². The summed E-state index contributed by atoms with van der Waals surface area (Å²) < 4.78 is 10.9. The van der Waals surface area contributed by atoms with Gasteiger partial charge in [0.25, 0.3) is 0 Å². The van der Waals surface area contributed by atoms with E-state index in [9.17, 15) is 0 Å². The second kappa shape index (κ2) is 11.1. The van der Waals surface area contributed by atoms with Gasteiger partial charge in [0.1, 0.15) is 18.1 Å². The molecular weight excluding hydrogens is 324 g/mol. The first-order chi connectivity index (χ1) is 11.6. The first-order valence-electron chi connectivity index (χ1n) is 7.22. The van der Waals surface area contributed by atoms with Gasteiger partial charge in [-0.15, -0.1) is 11.8 Å². The van der Waals surface area contributed by atoms with Gasteiger partial charge in [0.15, 0.2) is 0 Å². The zero-order chi connectivity index (χ0) is 17.8.